The van der Waals surface area contributed by atoms with Gasteiger partial charge in [0.15, 0.2) is 0 Å². The number of rotatable bonds is 1. The van der Waals surface area contributed by atoms with Gasteiger partial charge in [0.1, 0.15) is 0 Å². The molecule has 5 heteroatoms. The van der Waals surface area contributed by atoms with E-state index < -0.39 is 0 Å². The van der Waals surface area contributed by atoms with Gasteiger partial charge in [0, 0.05) is 21.9 Å². The highest BCUT2D eigenvalue weighted by Gasteiger charge is 2.29. The molecule has 0 radical (unpaired) electrons. The predicted molar refractivity (Wildman–Crippen MR) is 51.7 cm³/mol. The Balaban J connectivity index is 3.04. The van der Waals surface area contributed by atoms with Crippen molar-refractivity contribution in [1.82, 2.24) is 0 Å². The molecular weight excluding hydrogens is 249 g/mol. The molecule has 0 saturated carbocycles. The SMILES string of the molecule is ClCC1C(Cl)=C(Cl)C(Cl)=C1Cl. The Morgan fingerprint density at radius 1 is 0.909 bits per heavy atom. The highest BCUT2D eigenvalue weighted by molar-refractivity contribution is 6.53. The zero-order valence-electron chi connectivity index (χ0n) is 5.17. The third-order valence-corrected chi connectivity index (χ3v) is 3.67. The largest absolute Gasteiger partial charge is 0.126 e. The van der Waals surface area contributed by atoms with Crippen LogP contribution < -0.4 is 0 Å². The third-order valence-electron chi connectivity index (χ3n) is 1.38. The molecule has 11 heavy (non-hydrogen) atoms. The van der Waals surface area contributed by atoms with E-state index in [1.807, 2.05) is 0 Å². The van der Waals surface area contributed by atoms with E-state index in [9.17, 15) is 0 Å². The van der Waals surface area contributed by atoms with Crippen molar-refractivity contribution in [2.75, 3.05) is 5.88 Å². The van der Waals surface area contributed by atoms with Crippen molar-refractivity contribution in [2.45, 2.75) is 0 Å². The second kappa shape index (κ2) is 3.76. The minimum Gasteiger partial charge on any atom is -0.126 e. The van der Waals surface area contributed by atoms with Crippen LogP contribution in [-0.2, 0) is 0 Å². The number of hydrogen-bond donors (Lipinski definition) is 0. The second-order valence-electron chi connectivity index (χ2n) is 2.03. The normalized spacial score (nSPS) is 20.5. The highest BCUT2D eigenvalue weighted by atomic mass is 35.5. The maximum Gasteiger partial charge on any atom is 0.0756 e. The molecule has 0 aromatic carbocycles. The number of allylic oxidation sites excluding steroid dienone is 4. The maximum atomic E-state index is 5.77. The Morgan fingerprint density at radius 2 is 1.27 bits per heavy atom. The van der Waals surface area contributed by atoms with Gasteiger partial charge in [-0.05, 0) is 0 Å². The summed E-state index contributed by atoms with van der Waals surface area (Å²) in [7, 11) is 0. The van der Waals surface area contributed by atoms with Gasteiger partial charge in [0.05, 0.1) is 10.1 Å². The summed E-state index contributed by atoms with van der Waals surface area (Å²) in [6.45, 7) is 0. The van der Waals surface area contributed by atoms with Gasteiger partial charge in [-0.25, -0.2) is 0 Å². The van der Waals surface area contributed by atoms with Crippen LogP contribution in [0.4, 0.5) is 0 Å². The monoisotopic (exact) mass is 250 g/mol. The van der Waals surface area contributed by atoms with Gasteiger partial charge >= 0.3 is 0 Å². The molecule has 1 aliphatic rings. The molecule has 0 aromatic heterocycles. The summed E-state index contributed by atoms with van der Waals surface area (Å²) in [5, 5.41) is 1.47. The standard InChI is InChI=1S/C6H3Cl5/c7-1-2-3(8)5(10)6(11)4(2)9/h2H,1H2. The molecule has 0 unspecified atom stereocenters. The van der Waals surface area contributed by atoms with Crippen LogP contribution in [0.2, 0.25) is 0 Å². The molecule has 1 aliphatic carbocycles. The Bertz CT molecular complexity index is 215. The molecule has 0 spiro atoms. The van der Waals surface area contributed by atoms with E-state index in [0.29, 0.717) is 26.0 Å². The number of halogens is 5. The van der Waals surface area contributed by atoms with Gasteiger partial charge < -0.3 is 0 Å². The van der Waals surface area contributed by atoms with Crippen molar-refractivity contribution in [2.24, 2.45) is 5.92 Å². The smallest absolute Gasteiger partial charge is 0.0756 e. The summed E-state index contributed by atoms with van der Waals surface area (Å²) in [5.74, 6) is 0.0735. The molecule has 0 aromatic rings. The molecule has 0 amide bonds. The van der Waals surface area contributed by atoms with Gasteiger partial charge in [-0.3, -0.25) is 0 Å². The fraction of sp³-hybridized carbons (Fsp3) is 0.333. The lowest BCUT2D eigenvalue weighted by Crippen LogP contribution is -1.98. The molecule has 62 valence electrons. The van der Waals surface area contributed by atoms with E-state index >= 15 is 0 Å². The minimum absolute atomic E-state index is 0.222. The summed E-state index contributed by atoms with van der Waals surface area (Å²) in [6, 6.07) is 0. The highest BCUT2D eigenvalue weighted by Crippen LogP contribution is 2.45. The van der Waals surface area contributed by atoms with Crippen molar-refractivity contribution in [3.05, 3.63) is 20.1 Å². The average molecular weight is 252 g/mol. The zero-order chi connectivity index (χ0) is 8.59. The molecule has 0 nitrogen and oxygen atoms in total. The average Bonchev–Trinajstić information content (AvgIpc) is 2.17. The van der Waals surface area contributed by atoms with Gasteiger partial charge in [0.2, 0.25) is 0 Å². The molecule has 0 bridgehead atoms. The first-order chi connectivity index (χ1) is 5.09. The molecule has 0 fully saturated rings. The van der Waals surface area contributed by atoms with Crippen molar-refractivity contribution in [3.8, 4) is 0 Å². The molecule has 1 rings (SSSR count). The van der Waals surface area contributed by atoms with Gasteiger partial charge in [-0.2, -0.15) is 0 Å². The fourth-order valence-corrected chi connectivity index (χ4v) is 2.41. The van der Waals surface area contributed by atoms with Crippen LogP contribution in [0.1, 0.15) is 0 Å². The van der Waals surface area contributed by atoms with Crippen LogP contribution in [0.25, 0.3) is 0 Å². The van der Waals surface area contributed by atoms with Crippen molar-refractivity contribution in [3.63, 3.8) is 0 Å². The second-order valence-corrected chi connectivity index (χ2v) is 3.91. The molecule has 0 saturated heterocycles. The lowest BCUT2D eigenvalue weighted by Gasteiger charge is -2.04. The van der Waals surface area contributed by atoms with Crippen molar-refractivity contribution in [1.29, 1.82) is 0 Å². The van der Waals surface area contributed by atoms with Gasteiger partial charge in [0.25, 0.3) is 0 Å². The molecule has 0 atom stereocenters. The first kappa shape index (κ1) is 10.0. The summed E-state index contributed by atoms with van der Waals surface area (Å²) >= 11 is 28.5. The molecular formula is C6H3Cl5. The van der Waals surface area contributed by atoms with Crippen LogP contribution in [0.15, 0.2) is 20.1 Å². The Labute approximate surface area is 89.7 Å². The zero-order valence-corrected chi connectivity index (χ0v) is 8.95. The van der Waals surface area contributed by atoms with E-state index in [2.05, 4.69) is 0 Å². The topological polar surface area (TPSA) is 0 Å². The number of hydrogen-bond acceptors (Lipinski definition) is 0. The molecule has 0 N–H and O–H groups in total. The van der Waals surface area contributed by atoms with E-state index in [-0.39, 0.29) is 5.92 Å². The Hall–Kier alpha value is 0.930. The van der Waals surface area contributed by atoms with Crippen molar-refractivity contribution < 1.29 is 0 Å². The van der Waals surface area contributed by atoms with Crippen LogP contribution >= 0.6 is 58.0 Å². The van der Waals surface area contributed by atoms with E-state index in [0.717, 1.165) is 0 Å². The predicted octanol–water partition coefficient (Wildman–Crippen LogP) is 4.23. The van der Waals surface area contributed by atoms with Crippen LogP contribution in [-0.4, -0.2) is 5.88 Å². The summed E-state index contributed by atoms with van der Waals surface area (Å²) < 4.78 is 0. The maximum absolute atomic E-state index is 5.77. The third kappa shape index (κ3) is 1.66. The van der Waals surface area contributed by atoms with Gasteiger partial charge in [-0.1, -0.05) is 46.4 Å². The first-order valence-electron chi connectivity index (χ1n) is 2.76. The lowest BCUT2D eigenvalue weighted by molar-refractivity contribution is 0.925. The van der Waals surface area contributed by atoms with E-state index in [1.165, 1.54) is 0 Å². The Kier molecular flexibility index (Phi) is 3.42. The lowest BCUT2D eigenvalue weighted by atomic mass is 10.2. The van der Waals surface area contributed by atoms with Crippen LogP contribution in [0.5, 0.6) is 0 Å². The quantitative estimate of drug-likeness (QED) is 0.612. The summed E-state index contributed by atoms with van der Waals surface area (Å²) in [4.78, 5) is 0. The fourth-order valence-electron chi connectivity index (χ4n) is 0.762. The summed E-state index contributed by atoms with van der Waals surface area (Å²) in [5.41, 5.74) is 0. The summed E-state index contributed by atoms with van der Waals surface area (Å²) in [6.07, 6.45) is 0. The number of alkyl halides is 1. The van der Waals surface area contributed by atoms with E-state index in [4.69, 9.17) is 58.0 Å². The molecule has 0 heterocycles. The van der Waals surface area contributed by atoms with Crippen LogP contribution in [0.3, 0.4) is 0 Å². The van der Waals surface area contributed by atoms with Gasteiger partial charge in [-0.15, -0.1) is 11.6 Å². The van der Waals surface area contributed by atoms with Crippen LogP contribution in [0, 0.1) is 5.92 Å². The minimum atomic E-state index is -0.222. The Morgan fingerprint density at radius 3 is 1.45 bits per heavy atom. The van der Waals surface area contributed by atoms with E-state index in [1.54, 1.807) is 0 Å². The van der Waals surface area contributed by atoms with Crippen molar-refractivity contribution >= 4 is 58.0 Å². The molecule has 0 aliphatic heterocycles. The first-order valence-corrected chi connectivity index (χ1v) is 4.81.